The lowest BCUT2D eigenvalue weighted by molar-refractivity contribution is 0.0939. The summed E-state index contributed by atoms with van der Waals surface area (Å²) in [7, 11) is -3.62. The summed E-state index contributed by atoms with van der Waals surface area (Å²) in [6.45, 7) is 5.59. The number of aryl methyl sites for hydroxylation is 1. The van der Waals surface area contributed by atoms with Crippen LogP contribution < -0.4 is 10.0 Å². The zero-order valence-corrected chi connectivity index (χ0v) is 15.9. The van der Waals surface area contributed by atoms with Crippen molar-refractivity contribution in [3.63, 3.8) is 0 Å². The number of amides is 1. The third kappa shape index (κ3) is 4.81. The predicted molar refractivity (Wildman–Crippen MR) is 99.4 cm³/mol. The summed E-state index contributed by atoms with van der Waals surface area (Å²) in [6.07, 6.45) is 0. The van der Waals surface area contributed by atoms with Crippen LogP contribution in [-0.2, 0) is 10.0 Å². The van der Waals surface area contributed by atoms with Gasteiger partial charge in [0, 0.05) is 17.1 Å². The van der Waals surface area contributed by atoms with E-state index in [0.29, 0.717) is 16.1 Å². The molecule has 2 N–H and O–H groups in total. The van der Waals surface area contributed by atoms with Crippen molar-refractivity contribution < 1.29 is 13.2 Å². The highest BCUT2D eigenvalue weighted by Gasteiger charge is 2.18. The fraction of sp³-hybridized carbons (Fsp3) is 0.278. The van der Waals surface area contributed by atoms with E-state index < -0.39 is 10.0 Å². The Morgan fingerprint density at radius 1 is 1.20 bits per heavy atom. The summed E-state index contributed by atoms with van der Waals surface area (Å²) >= 11 is 5.98. The molecule has 0 bridgehead atoms. The van der Waals surface area contributed by atoms with Crippen LogP contribution in [0.15, 0.2) is 47.4 Å². The number of halogens is 1. The third-order valence-electron chi connectivity index (χ3n) is 3.79. The molecule has 7 heteroatoms. The van der Waals surface area contributed by atoms with Gasteiger partial charge < -0.3 is 5.32 Å². The Kier molecular flexibility index (Phi) is 6.21. The molecule has 0 aliphatic heterocycles. The molecule has 2 rings (SSSR count). The maximum absolute atomic E-state index is 12.6. The molecule has 0 aliphatic rings. The predicted octanol–water partition coefficient (Wildman–Crippen LogP) is 3.44. The van der Waals surface area contributed by atoms with E-state index in [4.69, 9.17) is 11.6 Å². The number of rotatable bonds is 6. The van der Waals surface area contributed by atoms with Gasteiger partial charge in [0.05, 0.1) is 10.9 Å². The fourth-order valence-corrected chi connectivity index (χ4v) is 3.69. The molecule has 2 aromatic rings. The van der Waals surface area contributed by atoms with Gasteiger partial charge in [-0.05, 0) is 49.2 Å². The SMILES string of the molecule is CCNS(=O)(=O)c1ccc(C)c(C(=O)NC(C)c2cccc(Cl)c2)c1. The molecule has 0 fully saturated rings. The van der Waals surface area contributed by atoms with E-state index in [1.807, 2.05) is 19.1 Å². The largest absolute Gasteiger partial charge is 0.346 e. The first-order valence-electron chi connectivity index (χ1n) is 7.91. The van der Waals surface area contributed by atoms with Gasteiger partial charge in [0.2, 0.25) is 10.0 Å². The van der Waals surface area contributed by atoms with Crippen LogP contribution in [0.1, 0.15) is 41.4 Å². The van der Waals surface area contributed by atoms with Crippen LogP contribution in [0.5, 0.6) is 0 Å². The maximum Gasteiger partial charge on any atom is 0.252 e. The molecule has 0 radical (unpaired) electrons. The normalized spacial score (nSPS) is 12.6. The number of nitrogens with one attached hydrogen (secondary N) is 2. The van der Waals surface area contributed by atoms with Crippen LogP contribution in [0.3, 0.4) is 0 Å². The Balaban J connectivity index is 2.27. The molecule has 1 atom stereocenters. The number of hydrogen-bond acceptors (Lipinski definition) is 3. The number of carbonyl (C=O) groups excluding carboxylic acids is 1. The lowest BCUT2D eigenvalue weighted by atomic mass is 10.1. The zero-order chi connectivity index (χ0) is 18.6. The Labute approximate surface area is 153 Å². The molecular formula is C18H21ClN2O3S. The minimum atomic E-state index is -3.62. The molecular weight excluding hydrogens is 360 g/mol. The van der Waals surface area contributed by atoms with Crippen LogP contribution >= 0.6 is 11.6 Å². The zero-order valence-electron chi connectivity index (χ0n) is 14.3. The first-order valence-corrected chi connectivity index (χ1v) is 9.77. The van der Waals surface area contributed by atoms with Crippen molar-refractivity contribution in [2.75, 3.05) is 6.54 Å². The minimum absolute atomic E-state index is 0.0699. The molecule has 25 heavy (non-hydrogen) atoms. The highest BCUT2D eigenvalue weighted by atomic mass is 35.5. The molecule has 134 valence electrons. The molecule has 0 aliphatic carbocycles. The molecule has 2 aromatic carbocycles. The lowest BCUT2D eigenvalue weighted by Crippen LogP contribution is -2.28. The van der Waals surface area contributed by atoms with Crippen molar-refractivity contribution in [2.24, 2.45) is 0 Å². The second-order valence-corrected chi connectivity index (χ2v) is 7.93. The van der Waals surface area contributed by atoms with Crippen LogP contribution in [0.2, 0.25) is 5.02 Å². The van der Waals surface area contributed by atoms with Crippen molar-refractivity contribution in [1.82, 2.24) is 10.0 Å². The average Bonchev–Trinajstić information content (AvgIpc) is 2.54. The summed E-state index contributed by atoms with van der Waals surface area (Å²) in [4.78, 5) is 12.7. The lowest BCUT2D eigenvalue weighted by Gasteiger charge is -2.16. The van der Waals surface area contributed by atoms with E-state index >= 15 is 0 Å². The molecule has 0 spiro atoms. The van der Waals surface area contributed by atoms with Crippen LogP contribution in [0.4, 0.5) is 0 Å². The monoisotopic (exact) mass is 380 g/mol. The number of hydrogen-bond donors (Lipinski definition) is 2. The molecule has 1 amide bonds. The van der Waals surface area contributed by atoms with Crippen molar-refractivity contribution in [3.8, 4) is 0 Å². The van der Waals surface area contributed by atoms with Gasteiger partial charge in [0.1, 0.15) is 0 Å². The van der Waals surface area contributed by atoms with Crippen LogP contribution in [0, 0.1) is 6.92 Å². The van der Waals surface area contributed by atoms with Gasteiger partial charge in [-0.25, -0.2) is 13.1 Å². The number of sulfonamides is 1. The standard InChI is InChI=1S/C18H21ClN2O3S/c1-4-20-25(23,24)16-9-8-12(2)17(11-16)18(22)21-13(3)14-6-5-7-15(19)10-14/h5-11,13,20H,4H2,1-3H3,(H,21,22). The van der Waals surface area contributed by atoms with Gasteiger partial charge in [0.15, 0.2) is 0 Å². The summed E-state index contributed by atoms with van der Waals surface area (Å²) in [5, 5.41) is 3.47. The second kappa shape index (κ2) is 7.99. The summed E-state index contributed by atoms with van der Waals surface area (Å²) in [5.41, 5.74) is 1.90. The first-order chi connectivity index (χ1) is 11.7. The van der Waals surface area contributed by atoms with Crippen molar-refractivity contribution in [3.05, 3.63) is 64.2 Å². The van der Waals surface area contributed by atoms with Gasteiger partial charge in [-0.15, -0.1) is 0 Å². The van der Waals surface area contributed by atoms with E-state index in [1.165, 1.54) is 12.1 Å². The molecule has 0 heterocycles. The second-order valence-electron chi connectivity index (χ2n) is 5.73. The van der Waals surface area contributed by atoms with Gasteiger partial charge in [-0.3, -0.25) is 4.79 Å². The maximum atomic E-state index is 12.6. The van der Waals surface area contributed by atoms with Crippen LogP contribution in [-0.4, -0.2) is 20.9 Å². The molecule has 0 saturated carbocycles. The minimum Gasteiger partial charge on any atom is -0.346 e. The van der Waals surface area contributed by atoms with Crippen molar-refractivity contribution in [1.29, 1.82) is 0 Å². The van der Waals surface area contributed by atoms with E-state index in [9.17, 15) is 13.2 Å². The van der Waals surface area contributed by atoms with E-state index in [2.05, 4.69) is 10.0 Å². The number of carbonyl (C=O) groups is 1. The van der Waals surface area contributed by atoms with Gasteiger partial charge in [0.25, 0.3) is 5.91 Å². The van der Waals surface area contributed by atoms with E-state index in [-0.39, 0.29) is 23.4 Å². The molecule has 5 nitrogen and oxygen atoms in total. The van der Waals surface area contributed by atoms with E-state index in [1.54, 1.807) is 32.0 Å². The smallest absolute Gasteiger partial charge is 0.252 e. The molecule has 0 aromatic heterocycles. The van der Waals surface area contributed by atoms with Crippen LogP contribution in [0.25, 0.3) is 0 Å². The fourth-order valence-electron chi connectivity index (χ4n) is 2.42. The summed E-state index contributed by atoms with van der Waals surface area (Å²) in [6, 6.07) is 11.5. The Morgan fingerprint density at radius 2 is 1.92 bits per heavy atom. The molecule has 0 saturated heterocycles. The Hall–Kier alpha value is -1.89. The summed E-state index contributed by atoms with van der Waals surface area (Å²) < 4.78 is 26.7. The third-order valence-corrected chi connectivity index (χ3v) is 5.57. The first kappa shape index (κ1) is 19.4. The van der Waals surface area contributed by atoms with E-state index in [0.717, 1.165) is 5.56 Å². The highest BCUT2D eigenvalue weighted by molar-refractivity contribution is 7.89. The van der Waals surface area contributed by atoms with Crippen molar-refractivity contribution >= 4 is 27.5 Å². The van der Waals surface area contributed by atoms with Crippen molar-refractivity contribution in [2.45, 2.75) is 31.7 Å². The van der Waals surface area contributed by atoms with Gasteiger partial charge in [-0.1, -0.05) is 36.7 Å². The van der Waals surface area contributed by atoms with Gasteiger partial charge >= 0.3 is 0 Å². The Bertz CT molecular complexity index is 882. The Morgan fingerprint density at radius 3 is 2.56 bits per heavy atom. The average molecular weight is 381 g/mol. The summed E-state index contributed by atoms with van der Waals surface area (Å²) in [5.74, 6) is -0.335. The quantitative estimate of drug-likeness (QED) is 0.806. The topological polar surface area (TPSA) is 75.3 Å². The molecule has 1 unspecified atom stereocenters. The number of benzene rings is 2. The highest BCUT2D eigenvalue weighted by Crippen LogP contribution is 2.20. The van der Waals surface area contributed by atoms with Gasteiger partial charge in [-0.2, -0.15) is 0 Å².